The summed E-state index contributed by atoms with van der Waals surface area (Å²) < 4.78 is 13.1. The molecule has 2 heterocycles. The fourth-order valence-electron chi connectivity index (χ4n) is 3.44. The number of hydrogen-bond acceptors (Lipinski definition) is 4. The zero-order chi connectivity index (χ0) is 17.9. The fourth-order valence-corrected chi connectivity index (χ4v) is 4.31. The van der Waals surface area contributed by atoms with Crippen molar-refractivity contribution in [1.82, 2.24) is 4.90 Å². The smallest absolute Gasteiger partial charge is 0.234 e. The van der Waals surface area contributed by atoms with Crippen molar-refractivity contribution in [2.24, 2.45) is 0 Å². The topological polar surface area (TPSA) is 35.6 Å². The predicted octanol–water partition coefficient (Wildman–Crippen LogP) is 3.23. The van der Waals surface area contributed by atoms with Crippen molar-refractivity contribution in [1.29, 1.82) is 0 Å². The van der Waals surface area contributed by atoms with Crippen LogP contribution >= 0.6 is 11.8 Å². The Morgan fingerprint density at radius 1 is 1.04 bits per heavy atom. The second-order valence-electron chi connectivity index (χ2n) is 6.72. The summed E-state index contributed by atoms with van der Waals surface area (Å²) in [7, 11) is 0. The van der Waals surface area contributed by atoms with Crippen molar-refractivity contribution in [3.8, 4) is 0 Å². The number of rotatable bonds is 4. The standard InChI is InChI=1S/C20H22FN3OS/c21-16-2-4-17(5-3-16)24-11-9-23(10-12-24)8-7-15-1-6-18-19(13-15)26-14-20(25)22-18/h1-6,13H,7-12,14H2,(H,22,25). The van der Waals surface area contributed by atoms with E-state index in [0.29, 0.717) is 5.75 Å². The summed E-state index contributed by atoms with van der Waals surface area (Å²) >= 11 is 1.61. The Morgan fingerprint density at radius 3 is 2.58 bits per heavy atom. The molecule has 0 atom stereocenters. The van der Waals surface area contributed by atoms with Gasteiger partial charge in [-0.1, -0.05) is 6.07 Å². The maximum atomic E-state index is 13.1. The largest absolute Gasteiger partial charge is 0.369 e. The summed E-state index contributed by atoms with van der Waals surface area (Å²) in [4.78, 5) is 17.4. The van der Waals surface area contributed by atoms with E-state index >= 15 is 0 Å². The number of carbonyl (C=O) groups is 1. The van der Waals surface area contributed by atoms with E-state index in [1.165, 1.54) is 22.6 Å². The van der Waals surface area contributed by atoms with Crippen LogP contribution in [0.5, 0.6) is 0 Å². The Bertz CT molecular complexity index is 788. The molecule has 26 heavy (non-hydrogen) atoms. The lowest BCUT2D eigenvalue weighted by atomic mass is 10.1. The molecule has 0 aromatic heterocycles. The van der Waals surface area contributed by atoms with Crippen LogP contribution in [-0.2, 0) is 11.2 Å². The van der Waals surface area contributed by atoms with Gasteiger partial charge in [-0.05, 0) is 48.4 Å². The number of amides is 1. The van der Waals surface area contributed by atoms with Crippen LogP contribution in [0.3, 0.4) is 0 Å². The molecule has 1 amide bonds. The van der Waals surface area contributed by atoms with Gasteiger partial charge < -0.3 is 10.2 Å². The highest BCUT2D eigenvalue weighted by Crippen LogP contribution is 2.32. The van der Waals surface area contributed by atoms with Crippen molar-refractivity contribution in [2.45, 2.75) is 11.3 Å². The van der Waals surface area contributed by atoms with Crippen LogP contribution in [-0.4, -0.2) is 49.3 Å². The molecule has 6 heteroatoms. The van der Waals surface area contributed by atoms with E-state index < -0.39 is 0 Å². The third kappa shape index (κ3) is 4.02. The number of piperazine rings is 1. The molecule has 0 radical (unpaired) electrons. The van der Waals surface area contributed by atoms with Gasteiger partial charge in [-0.25, -0.2) is 4.39 Å². The first kappa shape index (κ1) is 17.4. The number of thioether (sulfide) groups is 1. The summed E-state index contributed by atoms with van der Waals surface area (Å²) in [6, 6.07) is 13.1. The van der Waals surface area contributed by atoms with Crippen LogP contribution in [0.4, 0.5) is 15.8 Å². The second kappa shape index (κ2) is 7.68. The molecule has 0 bridgehead atoms. The van der Waals surface area contributed by atoms with Gasteiger partial charge in [-0.2, -0.15) is 0 Å². The van der Waals surface area contributed by atoms with E-state index in [0.717, 1.165) is 50.5 Å². The molecule has 2 aliphatic rings. The second-order valence-corrected chi connectivity index (χ2v) is 7.74. The maximum Gasteiger partial charge on any atom is 0.234 e. The van der Waals surface area contributed by atoms with Gasteiger partial charge in [0.1, 0.15) is 5.82 Å². The Morgan fingerprint density at radius 2 is 1.81 bits per heavy atom. The molecule has 1 saturated heterocycles. The van der Waals surface area contributed by atoms with Crippen LogP contribution in [0.2, 0.25) is 0 Å². The van der Waals surface area contributed by atoms with Crippen LogP contribution < -0.4 is 10.2 Å². The molecule has 0 unspecified atom stereocenters. The van der Waals surface area contributed by atoms with Crippen LogP contribution in [0.15, 0.2) is 47.4 Å². The lowest BCUT2D eigenvalue weighted by molar-refractivity contribution is -0.113. The van der Waals surface area contributed by atoms with Crippen LogP contribution in [0, 0.1) is 5.82 Å². The first-order chi connectivity index (χ1) is 12.7. The number of fused-ring (bicyclic) bond motifs is 1. The highest BCUT2D eigenvalue weighted by molar-refractivity contribution is 8.00. The van der Waals surface area contributed by atoms with Gasteiger partial charge in [0, 0.05) is 43.3 Å². The van der Waals surface area contributed by atoms with Crippen molar-refractivity contribution >= 4 is 29.0 Å². The van der Waals surface area contributed by atoms with Crippen molar-refractivity contribution in [2.75, 3.05) is 48.7 Å². The van der Waals surface area contributed by atoms with Gasteiger partial charge >= 0.3 is 0 Å². The minimum absolute atomic E-state index is 0.0780. The first-order valence-electron chi connectivity index (χ1n) is 8.96. The molecular formula is C20H22FN3OS. The lowest BCUT2D eigenvalue weighted by Gasteiger charge is -2.36. The normalized spacial score (nSPS) is 17.7. The number of nitrogens with zero attached hydrogens (tertiary/aromatic N) is 2. The molecule has 0 saturated carbocycles. The lowest BCUT2D eigenvalue weighted by Crippen LogP contribution is -2.47. The summed E-state index contributed by atoms with van der Waals surface area (Å²) in [5, 5.41) is 2.92. The number of nitrogens with one attached hydrogen (secondary N) is 1. The summed E-state index contributed by atoms with van der Waals surface area (Å²) in [5.74, 6) is 0.395. The molecule has 4 rings (SSSR count). The third-order valence-corrected chi connectivity index (χ3v) is 6.01. The van der Waals surface area contributed by atoms with Crippen LogP contribution in [0.1, 0.15) is 5.56 Å². The Kier molecular flexibility index (Phi) is 5.13. The minimum atomic E-state index is -0.185. The van der Waals surface area contributed by atoms with E-state index in [1.807, 2.05) is 18.2 Å². The number of halogens is 1. The summed E-state index contributed by atoms with van der Waals surface area (Å²) in [6.07, 6.45) is 1.01. The van der Waals surface area contributed by atoms with Crippen molar-refractivity contribution in [3.63, 3.8) is 0 Å². The Balaban J connectivity index is 1.28. The van der Waals surface area contributed by atoms with E-state index in [2.05, 4.69) is 27.2 Å². The van der Waals surface area contributed by atoms with Gasteiger partial charge in [0.25, 0.3) is 0 Å². The predicted molar refractivity (Wildman–Crippen MR) is 105 cm³/mol. The molecule has 2 aromatic rings. The highest BCUT2D eigenvalue weighted by Gasteiger charge is 2.18. The van der Waals surface area contributed by atoms with Crippen molar-refractivity contribution < 1.29 is 9.18 Å². The van der Waals surface area contributed by atoms with Crippen molar-refractivity contribution in [3.05, 3.63) is 53.8 Å². The molecule has 0 aliphatic carbocycles. The Labute approximate surface area is 157 Å². The number of hydrogen-bond donors (Lipinski definition) is 1. The molecular weight excluding hydrogens is 349 g/mol. The fraction of sp³-hybridized carbons (Fsp3) is 0.350. The molecule has 2 aromatic carbocycles. The molecule has 4 nitrogen and oxygen atoms in total. The van der Waals surface area contributed by atoms with Gasteiger partial charge in [0.2, 0.25) is 5.91 Å². The molecule has 0 spiro atoms. The van der Waals surface area contributed by atoms with Gasteiger partial charge in [-0.3, -0.25) is 9.69 Å². The zero-order valence-electron chi connectivity index (χ0n) is 14.6. The quantitative estimate of drug-likeness (QED) is 0.895. The van der Waals surface area contributed by atoms with E-state index in [-0.39, 0.29) is 11.7 Å². The first-order valence-corrected chi connectivity index (χ1v) is 9.94. The van der Waals surface area contributed by atoms with Gasteiger partial charge in [0.15, 0.2) is 0 Å². The molecule has 2 aliphatic heterocycles. The maximum absolute atomic E-state index is 13.1. The summed E-state index contributed by atoms with van der Waals surface area (Å²) in [6.45, 7) is 5.02. The number of anilines is 2. The van der Waals surface area contributed by atoms with E-state index in [9.17, 15) is 9.18 Å². The molecule has 1 fully saturated rings. The number of carbonyl (C=O) groups excluding carboxylic acids is 1. The zero-order valence-corrected chi connectivity index (χ0v) is 15.4. The average molecular weight is 371 g/mol. The SMILES string of the molecule is O=C1CSc2cc(CCN3CCN(c4ccc(F)cc4)CC3)ccc2N1. The van der Waals surface area contributed by atoms with Crippen LogP contribution in [0.25, 0.3) is 0 Å². The third-order valence-electron chi connectivity index (χ3n) is 4.96. The molecule has 136 valence electrons. The van der Waals surface area contributed by atoms with Gasteiger partial charge in [-0.15, -0.1) is 11.8 Å². The Hall–Kier alpha value is -2.05. The average Bonchev–Trinajstić information content (AvgIpc) is 2.67. The summed E-state index contributed by atoms with van der Waals surface area (Å²) in [5.41, 5.74) is 3.34. The minimum Gasteiger partial charge on any atom is -0.369 e. The van der Waals surface area contributed by atoms with E-state index in [4.69, 9.17) is 0 Å². The van der Waals surface area contributed by atoms with E-state index in [1.54, 1.807) is 11.8 Å². The highest BCUT2D eigenvalue weighted by atomic mass is 32.2. The monoisotopic (exact) mass is 371 g/mol. The van der Waals surface area contributed by atoms with Gasteiger partial charge in [0.05, 0.1) is 11.4 Å². The number of benzene rings is 2. The molecule has 1 N–H and O–H groups in total.